The van der Waals surface area contributed by atoms with Crippen molar-refractivity contribution in [1.29, 1.82) is 0 Å². The summed E-state index contributed by atoms with van der Waals surface area (Å²) in [6.45, 7) is 13.4. The molecular weight excluding hydrogens is 429 g/mol. The van der Waals surface area contributed by atoms with Crippen molar-refractivity contribution in [2.24, 2.45) is 5.92 Å². The molecule has 34 heavy (non-hydrogen) atoms. The molecular formula is C29H46FNO3. The van der Waals surface area contributed by atoms with Crippen molar-refractivity contribution < 1.29 is 19.1 Å². The Labute approximate surface area is 206 Å². The van der Waals surface area contributed by atoms with Crippen molar-refractivity contribution in [2.45, 2.75) is 106 Å². The molecule has 1 aromatic carbocycles. The molecule has 0 aromatic heterocycles. The first-order valence-electron chi connectivity index (χ1n) is 13.5. The molecule has 1 aromatic rings. The van der Waals surface area contributed by atoms with E-state index in [2.05, 4.69) is 4.90 Å². The molecule has 1 heterocycles. The first-order chi connectivity index (χ1) is 16.4. The third kappa shape index (κ3) is 8.25. The van der Waals surface area contributed by atoms with Crippen LogP contribution in [0.25, 0.3) is 0 Å². The van der Waals surface area contributed by atoms with Crippen LogP contribution in [0.2, 0.25) is 0 Å². The molecule has 0 spiro atoms. The normalized spacial score (nSPS) is 16.7. The maximum atomic E-state index is 15.4. The van der Waals surface area contributed by atoms with Gasteiger partial charge in [-0.25, -0.2) is 9.18 Å². The topological polar surface area (TPSA) is 57.6 Å². The van der Waals surface area contributed by atoms with Crippen molar-refractivity contribution in [1.82, 2.24) is 0 Å². The summed E-state index contributed by atoms with van der Waals surface area (Å²) in [6.07, 6.45) is 11.7. The van der Waals surface area contributed by atoms with Gasteiger partial charge in [0, 0.05) is 18.7 Å². The van der Waals surface area contributed by atoms with Crippen LogP contribution in [0.15, 0.2) is 17.7 Å². The van der Waals surface area contributed by atoms with Crippen LogP contribution in [0.3, 0.4) is 0 Å². The Morgan fingerprint density at radius 1 is 1.03 bits per heavy atom. The second kappa shape index (κ2) is 15.7. The monoisotopic (exact) mass is 475 g/mol. The van der Waals surface area contributed by atoms with Crippen LogP contribution < -0.4 is 4.90 Å². The highest BCUT2D eigenvalue weighted by Crippen LogP contribution is 2.35. The van der Waals surface area contributed by atoms with Crippen LogP contribution in [0.5, 0.6) is 0 Å². The lowest BCUT2D eigenvalue weighted by molar-refractivity contribution is -0.132. The third-order valence-corrected chi connectivity index (χ3v) is 6.49. The number of rotatable bonds is 7. The van der Waals surface area contributed by atoms with Crippen LogP contribution in [0.4, 0.5) is 10.1 Å². The van der Waals surface area contributed by atoms with Crippen LogP contribution in [-0.4, -0.2) is 29.9 Å². The molecule has 1 saturated heterocycles. The molecule has 2 aliphatic rings. The van der Waals surface area contributed by atoms with E-state index in [1.165, 1.54) is 25.0 Å². The Morgan fingerprint density at radius 2 is 1.56 bits per heavy atom. The van der Waals surface area contributed by atoms with Crippen LogP contribution >= 0.6 is 0 Å². The number of hydrogen-bond donors (Lipinski definition) is 1. The number of carboxylic acid groups (broad SMARTS) is 1. The van der Waals surface area contributed by atoms with Gasteiger partial charge in [0.2, 0.25) is 0 Å². The number of allylic oxidation sites excluding steroid dienone is 1. The molecule has 1 aliphatic carbocycles. The molecule has 3 rings (SSSR count). The Bertz CT molecular complexity index is 817. The van der Waals surface area contributed by atoms with Crippen molar-refractivity contribution in [3.05, 3.63) is 40.2 Å². The van der Waals surface area contributed by atoms with E-state index in [4.69, 9.17) is 0 Å². The Balaban J connectivity index is 0.00000137. The van der Waals surface area contributed by atoms with E-state index in [1.54, 1.807) is 0 Å². The van der Waals surface area contributed by atoms with Gasteiger partial charge in [0.1, 0.15) is 11.4 Å². The molecule has 0 radical (unpaired) electrons. The highest BCUT2D eigenvalue weighted by molar-refractivity contribution is 6.24. The molecule has 4 nitrogen and oxygen atoms in total. The molecule has 2 fully saturated rings. The van der Waals surface area contributed by atoms with Crippen molar-refractivity contribution in [3.63, 3.8) is 0 Å². The number of ketones is 1. The van der Waals surface area contributed by atoms with Crippen molar-refractivity contribution >= 4 is 17.4 Å². The van der Waals surface area contributed by atoms with E-state index >= 15 is 4.39 Å². The van der Waals surface area contributed by atoms with Gasteiger partial charge in [0.15, 0.2) is 5.78 Å². The highest BCUT2D eigenvalue weighted by Gasteiger charge is 2.28. The van der Waals surface area contributed by atoms with Gasteiger partial charge in [0.05, 0.1) is 5.69 Å². The minimum Gasteiger partial charge on any atom is -0.478 e. The first kappa shape index (κ1) is 29.9. The summed E-state index contributed by atoms with van der Waals surface area (Å²) in [4.78, 5) is 26.9. The number of carbonyl (C=O) groups excluding carboxylic acids is 1. The molecule has 1 aliphatic heterocycles. The maximum Gasteiger partial charge on any atom is 0.339 e. The fraction of sp³-hybridized carbons (Fsp3) is 0.655. The first-order valence-corrected chi connectivity index (χ1v) is 13.5. The van der Waals surface area contributed by atoms with Crippen LogP contribution in [-0.2, 0) is 11.2 Å². The Morgan fingerprint density at radius 3 is 2.03 bits per heavy atom. The smallest absolute Gasteiger partial charge is 0.339 e. The van der Waals surface area contributed by atoms with Crippen LogP contribution in [0, 0.1) is 18.7 Å². The van der Waals surface area contributed by atoms with Gasteiger partial charge in [0.25, 0.3) is 0 Å². The zero-order valence-electron chi connectivity index (χ0n) is 22.3. The Hall–Kier alpha value is -2.17. The second-order valence-electron chi connectivity index (χ2n) is 8.75. The molecule has 0 unspecified atom stereocenters. The quantitative estimate of drug-likeness (QED) is 0.188. The van der Waals surface area contributed by atoms with E-state index in [9.17, 15) is 14.7 Å². The van der Waals surface area contributed by atoms with Gasteiger partial charge in [-0.3, -0.25) is 4.79 Å². The lowest BCUT2D eigenvalue weighted by Gasteiger charge is -2.29. The van der Waals surface area contributed by atoms with E-state index < -0.39 is 17.6 Å². The summed E-state index contributed by atoms with van der Waals surface area (Å²) >= 11 is 0. The summed E-state index contributed by atoms with van der Waals surface area (Å²) < 4.78 is 15.4. The zero-order chi connectivity index (χ0) is 25.7. The van der Waals surface area contributed by atoms with Crippen molar-refractivity contribution in [2.75, 3.05) is 18.0 Å². The number of carboxylic acids is 1. The summed E-state index contributed by atoms with van der Waals surface area (Å²) in [7, 11) is 0. The van der Waals surface area contributed by atoms with Gasteiger partial charge in [-0.15, -0.1) is 0 Å². The highest BCUT2D eigenvalue weighted by atomic mass is 19.1. The largest absolute Gasteiger partial charge is 0.478 e. The molecule has 0 atom stereocenters. The average molecular weight is 476 g/mol. The lowest BCUT2D eigenvalue weighted by atomic mass is 9.91. The molecule has 0 bridgehead atoms. The number of anilines is 1. The molecule has 192 valence electrons. The number of Topliss-reactive ketones (excluding diaryl/α,β-unsaturated/α-hetero) is 1. The van der Waals surface area contributed by atoms with Gasteiger partial charge in [-0.1, -0.05) is 66.4 Å². The maximum absolute atomic E-state index is 15.4. The lowest BCUT2D eigenvalue weighted by Crippen LogP contribution is -2.28. The van der Waals surface area contributed by atoms with E-state index in [-0.39, 0.29) is 11.1 Å². The van der Waals surface area contributed by atoms with Gasteiger partial charge >= 0.3 is 5.97 Å². The van der Waals surface area contributed by atoms with E-state index in [0.29, 0.717) is 30.0 Å². The number of carbonyl (C=O) groups is 2. The molecule has 1 N–H and O–H groups in total. The Kier molecular flexibility index (Phi) is 13.8. The number of aliphatic carboxylic acids is 1. The molecule has 1 saturated carbocycles. The molecule has 5 heteroatoms. The molecule has 0 amide bonds. The summed E-state index contributed by atoms with van der Waals surface area (Å²) in [5, 5.41) is 9.58. The van der Waals surface area contributed by atoms with E-state index in [0.717, 1.165) is 57.2 Å². The SMILES string of the molecule is CC.CC.CCc1c(C)c(C(=O)/C(=C\CC2CC2)C(=O)O)cc(F)c1N1CCCCCCCC1. The predicted octanol–water partition coefficient (Wildman–Crippen LogP) is 7.90. The predicted molar refractivity (Wildman–Crippen MR) is 141 cm³/mol. The number of hydrogen-bond acceptors (Lipinski definition) is 3. The van der Waals surface area contributed by atoms with Gasteiger partial charge < -0.3 is 10.0 Å². The van der Waals surface area contributed by atoms with Gasteiger partial charge in [-0.05, 0) is 68.6 Å². The zero-order valence-corrected chi connectivity index (χ0v) is 22.3. The fourth-order valence-corrected chi connectivity index (χ4v) is 4.51. The minimum absolute atomic E-state index is 0.182. The van der Waals surface area contributed by atoms with Crippen LogP contribution in [0.1, 0.15) is 114 Å². The number of benzene rings is 1. The average Bonchev–Trinajstić information content (AvgIpc) is 3.65. The number of nitrogens with zero attached hydrogens (tertiary/aromatic N) is 1. The fourth-order valence-electron chi connectivity index (χ4n) is 4.51. The second-order valence-corrected chi connectivity index (χ2v) is 8.75. The standard InChI is InChI=1S/C25H34FNO3.2C2H6/c1-3-19-17(2)21(24(28)20(25(29)30)13-12-18-10-11-18)16-22(26)23(19)27-14-8-6-4-5-7-9-15-27;2*1-2/h13,16,18H,3-12,14-15H2,1-2H3,(H,29,30);2*1-2H3/b20-13+;;. The van der Waals surface area contributed by atoms with Crippen molar-refractivity contribution in [3.8, 4) is 0 Å². The third-order valence-electron chi connectivity index (χ3n) is 6.49. The number of halogens is 1. The summed E-state index contributed by atoms with van der Waals surface area (Å²) in [5.74, 6) is -1.74. The minimum atomic E-state index is -1.23. The summed E-state index contributed by atoms with van der Waals surface area (Å²) in [5.41, 5.74) is 2.08. The summed E-state index contributed by atoms with van der Waals surface area (Å²) in [6, 6.07) is 1.27. The van der Waals surface area contributed by atoms with Gasteiger partial charge in [-0.2, -0.15) is 0 Å². The van der Waals surface area contributed by atoms with E-state index in [1.807, 2.05) is 41.5 Å².